The molecule has 0 aromatic heterocycles. The van der Waals surface area contributed by atoms with Crippen molar-refractivity contribution in [3.8, 4) is 0 Å². The molecule has 1 unspecified atom stereocenters. The maximum absolute atomic E-state index is 6.03. The van der Waals surface area contributed by atoms with Crippen molar-refractivity contribution in [1.82, 2.24) is 4.90 Å². The van der Waals surface area contributed by atoms with Gasteiger partial charge in [0.2, 0.25) is 0 Å². The van der Waals surface area contributed by atoms with Gasteiger partial charge in [0.1, 0.15) is 0 Å². The van der Waals surface area contributed by atoms with Gasteiger partial charge < -0.3 is 9.64 Å². The van der Waals surface area contributed by atoms with Crippen molar-refractivity contribution in [2.24, 2.45) is 10.2 Å². The van der Waals surface area contributed by atoms with Crippen molar-refractivity contribution >= 4 is 11.6 Å². The molecule has 5 heteroatoms. The zero-order valence-corrected chi connectivity index (χ0v) is 13.7. The molecule has 0 bridgehead atoms. The van der Waals surface area contributed by atoms with E-state index in [0.29, 0.717) is 6.61 Å². The average Bonchev–Trinajstić information content (AvgIpc) is 2.98. The van der Waals surface area contributed by atoms with E-state index in [9.17, 15) is 0 Å². The van der Waals surface area contributed by atoms with Gasteiger partial charge in [-0.3, -0.25) is 0 Å². The topological polar surface area (TPSA) is 37.2 Å². The highest BCUT2D eigenvalue weighted by Crippen LogP contribution is 2.37. The molecule has 22 heavy (non-hydrogen) atoms. The number of halogens is 1. The van der Waals surface area contributed by atoms with Gasteiger partial charge in [-0.25, -0.2) is 0 Å². The van der Waals surface area contributed by atoms with E-state index in [1.807, 2.05) is 24.3 Å². The average molecular weight is 320 g/mol. The fourth-order valence-corrected chi connectivity index (χ4v) is 3.01. The highest BCUT2D eigenvalue weighted by Gasteiger charge is 2.31. The van der Waals surface area contributed by atoms with Crippen LogP contribution >= 0.6 is 11.6 Å². The van der Waals surface area contributed by atoms with E-state index in [-0.39, 0.29) is 6.04 Å². The lowest BCUT2D eigenvalue weighted by molar-refractivity contribution is 0.178. The fraction of sp³-hybridized carbons (Fsp3) is 0.529. The summed E-state index contributed by atoms with van der Waals surface area (Å²) in [4.78, 5) is 2.31. The van der Waals surface area contributed by atoms with Gasteiger partial charge in [-0.1, -0.05) is 30.7 Å². The number of benzene rings is 1. The summed E-state index contributed by atoms with van der Waals surface area (Å²) in [5, 5.41) is 9.65. The van der Waals surface area contributed by atoms with E-state index in [4.69, 9.17) is 16.3 Å². The standard InChI is InChI=1S/C17H22ClN3O/c1-2-12-22-16-15(13-6-8-14(18)9-7-13)19-20-17(16)21-10-4-3-5-11-21/h6-9,15H,2-5,10-12H2,1H3. The van der Waals surface area contributed by atoms with Crippen LogP contribution in [0, 0.1) is 0 Å². The van der Waals surface area contributed by atoms with Crippen LogP contribution in [0.5, 0.6) is 0 Å². The molecule has 0 radical (unpaired) electrons. The van der Waals surface area contributed by atoms with Crippen LogP contribution in [0.3, 0.4) is 0 Å². The molecule has 2 heterocycles. The first-order valence-corrected chi connectivity index (χ1v) is 8.45. The van der Waals surface area contributed by atoms with Crippen LogP contribution in [-0.2, 0) is 4.74 Å². The third kappa shape index (κ3) is 3.27. The number of ether oxygens (including phenoxy) is 1. The van der Waals surface area contributed by atoms with Crippen molar-refractivity contribution in [3.05, 3.63) is 46.4 Å². The molecule has 1 atom stereocenters. The smallest absolute Gasteiger partial charge is 0.191 e. The normalized spacial score (nSPS) is 21.5. The Hall–Kier alpha value is -1.55. The van der Waals surface area contributed by atoms with Gasteiger partial charge in [0.15, 0.2) is 17.6 Å². The van der Waals surface area contributed by atoms with Crippen LogP contribution in [0.2, 0.25) is 5.02 Å². The van der Waals surface area contributed by atoms with Gasteiger partial charge in [0, 0.05) is 18.1 Å². The number of nitrogens with zero attached hydrogens (tertiary/aromatic N) is 3. The molecule has 0 N–H and O–H groups in total. The number of rotatable bonds is 5. The summed E-state index contributed by atoms with van der Waals surface area (Å²) >= 11 is 5.98. The lowest BCUT2D eigenvalue weighted by atomic mass is 10.1. The van der Waals surface area contributed by atoms with Crippen LogP contribution < -0.4 is 0 Å². The van der Waals surface area contributed by atoms with Gasteiger partial charge in [-0.15, -0.1) is 5.11 Å². The molecule has 0 aliphatic carbocycles. The highest BCUT2D eigenvalue weighted by atomic mass is 35.5. The molecule has 0 spiro atoms. The van der Waals surface area contributed by atoms with E-state index in [2.05, 4.69) is 22.1 Å². The minimum absolute atomic E-state index is 0.138. The molecule has 0 amide bonds. The zero-order valence-electron chi connectivity index (χ0n) is 13.0. The molecular weight excluding hydrogens is 298 g/mol. The zero-order chi connectivity index (χ0) is 15.4. The van der Waals surface area contributed by atoms with Crippen LogP contribution in [-0.4, -0.2) is 24.6 Å². The quantitative estimate of drug-likeness (QED) is 0.771. The monoisotopic (exact) mass is 319 g/mol. The largest absolute Gasteiger partial charge is 0.491 e. The van der Waals surface area contributed by atoms with E-state index in [1.54, 1.807) is 0 Å². The number of hydrogen-bond acceptors (Lipinski definition) is 4. The second-order valence-electron chi connectivity index (χ2n) is 5.75. The van der Waals surface area contributed by atoms with Crippen molar-refractivity contribution in [2.75, 3.05) is 19.7 Å². The molecule has 1 aromatic carbocycles. The second-order valence-corrected chi connectivity index (χ2v) is 6.19. The number of hydrogen-bond donors (Lipinski definition) is 0. The van der Waals surface area contributed by atoms with Gasteiger partial charge in [-0.2, -0.15) is 5.11 Å². The first kappa shape index (κ1) is 15.3. The summed E-state index contributed by atoms with van der Waals surface area (Å²) in [5.41, 5.74) is 1.08. The van der Waals surface area contributed by atoms with Crippen LogP contribution in [0.15, 0.2) is 46.1 Å². The van der Waals surface area contributed by atoms with Crippen molar-refractivity contribution in [1.29, 1.82) is 0 Å². The van der Waals surface area contributed by atoms with Crippen LogP contribution in [0.25, 0.3) is 0 Å². The first-order valence-electron chi connectivity index (χ1n) is 8.08. The Morgan fingerprint density at radius 3 is 2.59 bits per heavy atom. The summed E-state index contributed by atoms with van der Waals surface area (Å²) in [7, 11) is 0. The predicted octanol–water partition coefficient (Wildman–Crippen LogP) is 4.93. The van der Waals surface area contributed by atoms with Crippen molar-refractivity contribution < 1.29 is 4.74 Å². The van der Waals surface area contributed by atoms with E-state index < -0.39 is 0 Å². The van der Waals surface area contributed by atoms with Crippen molar-refractivity contribution in [3.63, 3.8) is 0 Å². The van der Waals surface area contributed by atoms with Gasteiger partial charge >= 0.3 is 0 Å². The first-order chi connectivity index (χ1) is 10.8. The third-order valence-electron chi connectivity index (χ3n) is 4.04. The maximum Gasteiger partial charge on any atom is 0.191 e. The number of likely N-dealkylation sites (tertiary alicyclic amines) is 1. The number of piperidine rings is 1. The Bertz CT molecular complexity index is 562. The molecule has 1 saturated heterocycles. The van der Waals surface area contributed by atoms with Crippen LogP contribution in [0.1, 0.15) is 44.2 Å². The molecule has 2 aliphatic heterocycles. The second kappa shape index (κ2) is 7.14. The summed E-state index contributed by atoms with van der Waals surface area (Å²) in [6, 6.07) is 7.65. The Morgan fingerprint density at radius 1 is 1.18 bits per heavy atom. The molecule has 4 nitrogen and oxygen atoms in total. The summed E-state index contributed by atoms with van der Waals surface area (Å²) < 4.78 is 6.03. The molecule has 3 rings (SSSR count). The predicted molar refractivity (Wildman–Crippen MR) is 87.7 cm³/mol. The molecule has 0 saturated carbocycles. The SMILES string of the molecule is CCCOC1=C(N2CCCCC2)N=NC1c1ccc(Cl)cc1. The molecular formula is C17H22ClN3O. The Morgan fingerprint density at radius 2 is 1.91 bits per heavy atom. The van der Waals surface area contributed by atoms with Crippen molar-refractivity contribution in [2.45, 2.75) is 38.6 Å². The minimum atomic E-state index is -0.138. The Labute approximate surface area is 136 Å². The third-order valence-corrected chi connectivity index (χ3v) is 4.29. The van der Waals surface area contributed by atoms with Gasteiger partial charge in [0.05, 0.1) is 6.61 Å². The number of azo groups is 1. The maximum atomic E-state index is 6.03. The highest BCUT2D eigenvalue weighted by molar-refractivity contribution is 6.30. The Balaban J connectivity index is 1.87. The minimum Gasteiger partial charge on any atom is -0.491 e. The Kier molecular flexibility index (Phi) is 4.98. The van der Waals surface area contributed by atoms with Gasteiger partial charge in [-0.05, 0) is 43.4 Å². The molecule has 1 fully saturated rings. The molecule has 2 aliphatic rings. The van der Waals surface area contributed by atoms with E-state index >= 15 is 0 Å². The van der Waals surface area contributed by atoms with Gasteiger partial charge in [0.25, 0.3) is 0 Å². The summed E-state index contributed by atoms with van der Waals surface area (Å²) in [5.74, 6) is 1.82. The van der Waals surface area contributed by atoms with E-state index in [1.165, 1.54) is 19.3 Å². The fourth-order valence-electron chi connectivity index (χ4n) is 2.88. The summed E-state index contributed by atoms with van der Waals surface area (Å²) in [6.07, 6.45) is 4.70. The lowest BCUT2D eigenvalue weighted by Crippen LogP contribution is -2.29. The van der Waals surface area contributed by atoms with Crippen LogP contribution in [0.4, 0.5) is 0 Å². The molecule has 118 valence electrons. The summed E-state index contributed by atoms with van der Waals surface area (Å²) in [6.45, 7) is 4.89. The van der Waals surface area contributed by atoms with E-state index in [0.717, 1.165) is 41.7 Å². The molecule has 1 aromatic rings. The lowest BCUT2D eigenvalue weighted by Gasteiger charge is -2.28.